The van der Waals surface area contributed by atoms with Crippen molar-refractivity contribution in [1.82, 2.24) is 30.2 Å². The quantitative estimate of drug-likeness (QED) is 0.338. The summed E-state index contributed by atoms with van der Waals surface area (Å²) in [7, 11) is 0. The number of nitrogens with one attached hydrogen (secondary N) is 4. The molecular weight excluding hydrogens is 364 g/mol. The molecule has 1 saturated heterocycles. The summed E-state index contributed by atoms with van der Waals surface area (Å²) in [5.74, 6) is 0.547. The highest BCUT2D eigenvalue weighted by atomic mass is 16.3. The number of aliphatic hydroxyl groups excluding tert-OH is 1. The standard InChI is InChI=1S/C17H22N8O3/c1-8(2)12(7-26)20-15-22-13-9(5-11-14(27)23-17(28)21-11)6-18-25(13)16(24-15)19-10-3-4-10/h5-6,8,10,12,26H,3-4,7H2,1-2H3,(H2,19,20,22,24)(H2,21,23,27,28)/b11-5-/t12-/m0/s1. The molecule has 0 spiro atoms. The van der Waals surface area contributed by atoms with Crippen molar-refractivity contribution >= 4 is 35.6 Å². The van der Waals surface area contributed by atoms with Gasteiger partial charge in [-0.1, -0.05) is 13.8 Å². The Kier molecular flexibility index (Phi) is 4.59. The maximum atomic E-state index is 11.8. The molecule has 2 fully saturated rings. The van der Waals surface area contributed by atoms with Crippen molar-refractivity contribution in [2.24, 2.45) is 5.92 Å². The molecule has 2 aromatic rings. The third-order valence-electron chi connectivity index (χ3n) is 4.64. The molecule has 0 radical (unpaired) electrons. The predicted molar refractivity (Wildman–Crippen MR) is 101 cm³/mol. The lowest BCUT2D eigenvalue weighted by atomic mass is 10.1. The van der Waals surface area contributed by atoms with Crippen LogP contribution in [0, 0.1) is 5.92 Å². The van der Waals surface area contributed by atoms with Gasteiger partial charge < -0.3 is 21.1 Å². The first kappa shape index (κ1) is 18.2. The summed E-state index contributed by atoms with van der Waals surface area (Å²) in [6.07, 6.45) is 5.20. The van der Waals surface area contributed by atoms with Gasteiger partial charge in [-0.15, -0.1) is 0 Å². The van der Waals surface area contributed by atoms with E-state index in [2.05, 4.69) is 36.3 Å². The first-order valence-electron chi connectivity index (χ1n) is 9.18. The van der Waals surface area contributed by atoms with Crippen molar-refractivity contribution < 1.29 is 14.7 Å². The molecule has 28 heavy (non-hydrogen) atoms. The Morgan fingerprint density at radius 1 is 1.32 bits per heavy atom. The van der Waals surface area contributed by atoms with Gasteiger partial charge in [-0.25, -0.2) is 4.79 Å². The second kappa shape index (κ2) is 7.08. The largest absolute Gasteiger partial charge is 0.394 e. The summed E-state index contributed by atoms with van der Waals surface area (Å²) >= 11 is 0. The van der Waals surface area contributed by atoms with E-state index in [1.54, 1.807) is 10.7 Å². The zero-order valence-electron chi connectivity index (χ0n) is 15.6. The van der Waals surface area contributed by atoms with Crippen LogP contribution in [-0.2, 0) is 4.79 Å². The number of hydrogen-bond donors (Lipinski definition) is 5. The minimum atomic E-state index is -0.566. The van der Waals surface area contributed by atoms with Gasteiger partial charge in [0.2, 0.25) is 11.9 Å². The van der Waals surface area contributed by atoms with Gasteiger partial charge in [-0.3, -0.25) is 10.1 Å². The lowest BCUT2D eigenvalue weighted by Crippen LogP contribution is -2.30. The Balaban J connectivity index is 1.75. The highest BCUT2D eigenvalue weighted by Gasteiger charge is 2.26. The van der Waals surface area contributed by atoms with Gasteiger partial charge in [0.25, 0.3) is 5.91 Å². The number of amides is 3. The number of carbonyl (C=O) groups is 2. The fourth-order valence-electron chi connectivity index (χ4n) is 2.79. The minimum Gasteiger partial charge on any atom is -0.394 e. The van der Waals surface area contributed by atoms with E-state index < -0.39 is 11.9 Å². The van der Waals surface area contributed by atoms with Crippen LogP contribution in [0.5, 0.6) is 0 Å². The number of nitrogens with zero attached hydrogens (tertiary/aromatic N) is 4. The highest BCUT2D eigenvalue weighted by Crippen LogP contribution is 2.26. The maximum Gasteiger partial charge on any atom is 0.326 e. The van der Waals surface area contributed by atoms with Crippen LogP contribution in [0.2, 0.25) is 0 Å². The Labute approximate surface area is 160 Å². The van der Waals surface area contributed by atoms with Gasteiger partial charge in [0.05, 0.1) is 18.8 Å². The zero-order valence-corrected chi connectivity index (χ0v) is 15.6. The normalized spacial score (nSPS) is 19.2. The van der Waals surface area contributed by atoms with Crippen LogP contribution >= 0.6 is 0 Å². The van der Waals surface area contributed by atoms with E-state index in [0.29, 0.717) is 29.1 Å². The van der Waals surface area contributed by atoms with E-state index in [1.807, 2.05) is 13.8 Å². The van der Waals surface area contributed by atoms with Crippen molar-refractivity contribution in [1.29, 1.82) is 0 Å². The Bertz CT molecular complexity index is 963. The molecule has 11 heteroatoms. The second-order valence-corrected chi connectivity index (χ2v) is 7.27. The van der Waals surface area contributed by atoms with E-state index in [9.17, 15) is 14.7 Å². The Hall–Kier alpha value is -3.21. The molecule has 2 aliphatic rings. The summed E-state index contributed by atoms with van der Waals surface area (Å²) in [6, 6.07) is -0.431. The molecule has 3 heterocycles. The number of hydrogen-bond acceptors (Lipinski definition) is 8. The summed E-state index contributed by atoms with van der Waals surface area (Å²) in [5, 5.41) is 25.0. The number of aromatic nitrogens is 4. The number of imide groups is 1. The zero-order chi connectivity index (χ0) is 19.8. The van der Waals surface area contributed by atoms with E-state index in [-0.39, 0.29) is 24.3 Å². The Morgan fingerprint density at radius 2 is 2.11 bits per heavy atom. The lowest BCUT2D eigenvalue weighted by molar-refractivity contribution is -0.115. The summed E-state index contributed by atoms with van der Waals surface area (Å²) in [4.78, 5) is 32.2. The molecule has 2 aromatic heterocycles. The average molecular weight is 386 g/mol. The van der Waals surface area contributed by atoms with Crippen LogP contribution in [0.15, 0.2) is 11.9 Å². The van der Waals surface area contributed by atoms with Crippen molar-refractivity contribution in [3.63, 3.8) is 0 Å². The molecule has 148 valence electrons. The smallest absolute Gasteiger partial charge is 0.326 e. The van der Waals surface area contributed by atoms with E-state index in [1.165, 1.54) is 6.08 Å². The molecule has 5 N–H and O–H groups in total. The first-order chi connectivity index (χ1) is 13.4. The SMILES string of the molecule is CC(C)[C@H](CO)Nc1nc(NC2CC2)n2ncc(/C=C3\NC(=O)NC3=O)c2n1. The van der Waals surface area contributed by atoms with E-state index >= 15 is 0 Å². The number of rotatable bonds is 7. The molecule has 11 nitrogen and oxygen atoms in total. The molecule has 1 aliphatic carbocycles. The topological polar surface area (TPSA) is 146 Å². The summed E-state index contributed by atoms with van der Waals surface area (Å²) in [6.45, 7) is 3.93. The van der Waals surface area contributed by atoms with Crippen molar-refractivity contribution in [2.45, 2.75) is 38.8 Å². The van der Waals surface area contributed by atoms with Crippen LogP contribution in [0.25, 0.3) is 11.7 Å². The maximum absolute atomic E-state index is 11.8. The van der Waals surface area contributed by atoms with Gasteiger partial charge in [-0.2, -0.15) is 19.6 Å². The first-order valence-corrected chi connectivity index (χ1v) is 9.18. The van der Waals surface area contributed by atoms with Gasteiger partial charge in [0, 0.05) is 11.6 Å². The van der Waals surface area contributed by atoms with Crippen molar-refractivity contribution in [3.8, 4) is 0 Å². The second-order valence-electron chi connectivity index (χ2n) is 7.27. The molecule has 3 amide bonds. The molecule has 0 bridgehead atoms. The third-order valence-corrected chi connectivity index (χ3v) is 4.64. The van der Waals surface area contributed by atoms with Gasteiger partial charge >= 0.3 is 6.03 Å². The van der Waals surface area contributed by atoms with Crippen LogP contribution in [0.4, 0.5) is 16.7 Å². The molecular formula is C17H22N8O3. The molecule has 1 saturated carbocycles. The summed E-state index contributed by atoms with van der Waals surface area (Å²) in [5.41, 5.74) is 1.16. The van der Waals surface area contributed by atoms with Crippen LogP contribution in [0.3, 0.4) is 0 Å². The Morgan fingerprint density at radius 3 is 2.71 bits per heavy atom. The van der Waals surface area contributed by atoms with Crippen LogP contribution in [-0.4, -0.2) is 55.3 Å². The van der Waals surface area contributed by atoms with Gasteiger partial charge in [-0.05, 0) is 24.8 Å². The number of urea groups is 1. The van der Waals surface area contributed by atoms with Crippen molar-refractivity contribution in [3.05, 3.63) is 17.5 Å². The average Bonchev–Trinajstić information content (AvgIpc) is 3.28. The molecule has 4 rings (SSSR count). The molecule has 1 atom stereocenters. The number of fused-ring (bicyclic) bond motifs is 1. The lowest BCUT2D eigenvalue weighted by Gasteiger charge is -2.20. The van der Waals surface area contributed by atoms with Crippen LogP contribution in [0.1, 0.15) is 32.3 Å². The number of aliphatic hydroxyl groups is 1. The highest BCUT2D eigenvalue weighted by molar-refractivity contribution is 6.14. The summed E-state index contributed by atoms with van der Waals surface area (Å²) < 4.78 is 1.56. The fraction of sp³-hybridized carbons (Fsp3) is 0.471. The molecule has 0 unspecified atom stereocenters. The number of carbonyl (C=O) groups excluding carboxylic acids is 2. The van der Waals surface area contributed by atoms with E-state index in [4.69, 9.17) is 0 Å². The predicted octanol–water partition coefficient (Wildman–Crippen LogP) is 0.308. The monoisotopic (exact) mass is 386 g/mol. The van der Waals surface area contributed by atoms with Crippen molar-refractivity contribution in [2.75, 3.05) is 17.2 Å². The van der Waals surface area contributed by atoms with Crippen LogP contribution < -0.4 is 21.3 Å². The number of anilines is 2. The minimum absolute atomic E-state index is 0.0556. The molecule has 1 aliphatic heterocycles. The van der Waals surface area contributed by atoms with Gasteiger partial charge in [0.15, 0.2) is 5.65 Å². The van der Waals surface area contributed by atoms with Gasteiger partial charge in [0.1, 0.15) is 5.70 Å². The van der Waals surface area contributed by atoms with E-state index in [0.717, 1.165) is 12.8 Å². The fourth-order valence-corrected chi connectivity index (χ4v) is 2.79. The molecule has 0 aromatic carbocycles. The third kappa shape index (κ3) is 3.60.